The predicted octanol–water partition coefficient (Wildman–Crippen LogP) is 3.81. The second kappa shape index (κ2) is 9.22. The number of morpholine rings is 1. The number of ether oxygens (including phenoxy) is 2. The summed E-state index contributed by atoms with van der Waals surface area (Å²) >= 11 is 6.15. The van der Waals surface area contributed by atoms with Crippen LogP contribution < -0.4 is 10.1 Å². The summed E-state index contributed by atoms with van der Waals surface area (Å²) in [5.74, 6) is 0.451. The normalized spacial score (nSPS) is 14.8. The van der Waals surface area contributed by atoms with E-state index in [0.29, 0.717) is 5.75 Å². The van der Waals surface area contributed by atoms with Crippen LogP contribution in [-0.2, 0) is 16.1 Å². The molecule has 2 aromatic rings. The Labute approximate surface area is 165 Å². The molecule has 5 nitrogen and oxygen atoms in total. The van der Waals surface area contributed by atoms with Crippen LogP contribution in [0.1, 0.15) is 16.7 Å². The van der Waals surface area contributed by atoms with E-state index in [9.17, 15) is 4.79 Å². The molecule has 0 atom stereocenters. The third-order valence-electron chi connectivity index (χ3n) is 4.53. The SMILES string of the molecule is Cc1cc(OCC(=O)Nc2ccc(CN3CCOCC3)cc2)cc(C)c1Cl. The second-order valence-electron chi connectivity index (χ2n) is 6.79. The van der Waals surface area contributed by atoms with Crippen LogP contribution in [0, 0.1) is 13.8 Å². The minimum atomic E-state index is -0.193. The lowest BCUT2D eigenvalue weighted by molar-refractivity contribution is -0.118. The van der Waals surface area contributed by atoms with Gasteiger partial charge < -0.3 is 14.8 Å². The first-order chi connectivity index (χ1) is 13.0. The number of nitrogens with zero attached hydrogens (tertiary/aromatic N) is 1. The Balaban J connectivity index is 1.49. The molecule has 1 amide bonds. The number of hydrogen-bond acceptors (Lipinski definition) is 4. The Morgan fingerprint density at radius 3 is 2.41 bits per heavy atom. The molecule has 1 saturated heterocycles. The highest BCUT2D eigenvalue weighted by atomic mass is 35.5. The number of anilines is 1. The number of nitrogens with one attached hydrogen (secondary N) is 1. The van der Waals surface area contributed by atoms with Crippen LogP contribution in [0.3, 0.4) is 0 Å². The first-order valence-corrected chi connectivity index (χ1v) is 9.47. The minimum Gasteiger partial charge on any atom is -0.484 e. The van der Waals surface area contributed by atoms with Crippen molar-refractivity contribution in [3.05, 3.63) is 58.1 Å². The molecule has 0 aliphatic carbocycles. The Kier molecular flexibility index (Phi) is 6.72. The summed E-state index contributed by atoms with van der Waals surface area (Å²) in [6, 6.07) is 11.6. The van der Waals surface area contributed by atoms with Gasteiger partial charge in [-0.25, -0.2) is 0 Å². The van der Waals surface area contributed by atoms with Crippen molar-refractivity contribution in [3.63, 3.8) is 0 Å². The van der Waals surface area contributed by atoms with Gasteiger partial charge in [0.15, 0.2) is 6.61 Å². The van der Waals surface area contributed by atoms with Crippen molar-refractivity contribution >= 4 is 23.2 Å². The van der Waals surface area contributed by atoms with Gasteiger partial charge in [-0.3, -0.25) is 9.69 Å². The molecule has 1 heterocycles. The molecule has 144 valence electrons. The van der Waals surface area contributed by atoms with Crippen molar-refractivity contribution in [2.24, 2.45) is 0 Å². The Morgan fingerprint density at radius 1 is 1.15 bits per heavy atom. The number of aryl methyl sites for hydroxylation is 2. The van der Waals surface area contributed by atoms with Crippen LogP contribution in [0.5, 0.6) is 5.75 Å². The maximum absolute atomic E-state index is 12.1. The average molecular weight is 389 g/mol. The number of halogens is 1. The number of carbonyl (C=O) groups is 1. The van der Waals surface area contributed by atoms with Crippen molar-refractivity contribution in [3.8, 4) is 5.75 Å². The monoisotopic (exact) mass is 388 g/mol. The van der Waals surface area contributed by atoms with Crippen molar-refractivity contribution < 1.29 is 14.3 Å². The summed E-state index contributed by atoms with van der Waals surface area (Å²) in [5, 5.41) is 3.59. The summed E-state index contributed by atoms with van der Waals surface area (Å²) in [5.41, 5.74) is 3.85. The fourth-order valence-corrected chi connectivity index (χ4v) is 3.16. The molecule has 0 bridgehead atoms. The summed E-state index contributed by atoms with van der Waals surface area (Å²) in [6.45, 7) is 8.19. The molecule has 27 heavy (non-hydrogen) atoms. The van der Waals surface area contributed by atoms with Crippen LogP contribution in [-0.4, -0.2) is 43.7 Å². The molecular weight excluding hydrogens is 364 g/mol. The van der Waals surface area contributed by atoms with E-state index in [4.69, 9.17) is 21.1 Å². The largest absolute Gasteiger partial charge is 0.484 e. The summed E-state index contributed by atoms with van der Waals surface area (Å²) in [4.78, 5) is 14.5. The molecule has 1 N–H and O–H groups in total. The highest BCUT2D eigenvalue weighted by Gasteiger charge is 2.11. The highest BCUT2D eigenvalue weighted by Crippen LogP contribution is 2.25. The van der Waals surface area contributed by atoms with Gasteiger partial charge in [-0.1, -0.05) is 23.7 Å². The van der Waals surface area contributed by atoms with Gasteiger partial charge in [0.05, 0.1) is 13.2 Å². The Morgan fingerprint density at radius 2 is 1.78 bits per heavy atom. The second-order valence-corrected chi connectivity index (χ2v) is 7.17. The molecule has 6 heteroatoms. The van der Waals surface area contributed by atoms with Crippen LogP contribution in [0.25, 0.3) is 0 Å². The van der Waals surface area contributed by atoms with Gasteiger partial charge >= 0.3 is 0 Å². The Bertz CT molecular complexity index is 764. The van der Waals surface area contributed by atoms with Crippen LogP contribution >= 0.6 is 11.6 Å². The number of amides is 1. The smallest absolute Gasteiger partial charge is 0.262 e. The lowest BCUT2D eigenvalue weighted by Gasteiger charge is -2.26. The van der Waals surface area contributed by atoms with Crippen molar-refractivity contribution in [2.75, 3.05) is 38.2 Å². The zero-order valence-electron chi connectivity index (χ0n) is 15.8. The number of carbonyl (C=O) groups excluding carboxylic acids is 1. The quantitative estimate of drug-likeness (QED) is 0.817. The number of benzene rings is 2. The van der Waals surface area contributed by atoms with E-state index in [-0.39, 0.29) is 12.5 Å². The summed E-state index contributed by atoms with van der Waals surface area (Å²) in [6.07, 6.45) is 0. The van der Waals surface area contributed by atoms with E-state index in [1.807, 2.05) is 50.2 Å². The topological polar surface area (TPSA) is 50.8 Å². The van der Waals surface area contributed by atoms with E-state index in [2.05, 4.69) is 10.2 Å². The van der Waals surface area contributed by atoms with E-state index < -0.39 is 0 Å². The van der Waals surface area contributed by atoms with Gasteiger partial charge in [-0.15, -0.1) is 0 Å². The highest BCUT2D eigenvalue weighted by molar-refractivity contribution is 6.32. The molecule has 1 fully saturated rings. The molecule has 1 aliphatic heterocycles. The first-order valence-electron chi connectivity index (χ1n) is 9.10. The molecule has 2 aromatic carbocycles. The fraction of sp³-hybridized carbons (Fsp3) is 0.381. The standard InChI is InChI=1S/C21H25ClN2O3/c1-15-11-19(12-16(2)21(15)22)27-14-20(25)23-18-5-3-17(4-6-18)13-24-7-9-26-10-8-24/h3-6,11-12H,7-10,13-14H2,1-2H3,(H,23,25). The first kappa shape index (κ1) is 19.7. The van der Waals surface area contributed by atoms with Crippen LogP contribution in [0.2, 0.25) is 5.02 Å². The van der Waals surface area contributed by atoms with Gasteiger partial charge in [-0.05, 0) is 54.8 Å². The summed E-state index contributed by atoms with van der Waals surface area (Å²) < 4.78 is 11.0. The van der Waals surface area contributed by atoms with Gasteiger partial charge in [0.25, 0.3) is 5.91 Å². The summed E-state index contributed by atoms with van der Waals surface area (Å²) in [7, 11) is 0. The molecule has 0 saturated carbocycles. The van der Waals surface area contributed by atoms with Crippen molar-refractivity contribution in [1.29, 1.82) is 0 Å². The van der Waals surface area contributed by atoms with Crippen LogP contribution in [0.15, 0.2) is 36.4 Å². The van der Waals surface area contributed by atoms with Gasteiger partial charge in [0.2, 0.25) is 0 Å². The fourth-order valence-electron chi connectivity index (χ4n) is 3.05. The predicted molar refractivity (Wildman–Crippen MR) is 108 cm³/mol. The molecule has 1 aliphatic rings. The third-order valence-corrected chi connectivity index (χ3v) is 5.12. The zero-order valence-corrected chi connectivity index (χ0v) is 16.5. The van der Waals surface area contributed by atoms with Crippen molar-refractivity contribution in [1.82, 2.24) is 4.90 Å². The van der Waals surface area contributed by atoms with E-state index in [1.54, 1.807) is 0 Å². The molecule has 0 radical (unpaired) electrons. The van der Waals surface area contributed by atoms with E-state index in [1.165, 1.54) is 5.56 Å². The maximum atomic E-state index is 12.1. The van der Waals surface area contributed by atoms with E-state index in [0.717, 1.165) is 54.7 Å². The van der Waals surface area contributed by atoms with Gasteiger partial charge in [0.1, 0.15) is 5.75 Å². The minimum absolute atomic E-state index is 0.0456. The number of hydrogen-bond donors (Lipinski definition) is 1. The van der Waals surface area contributed by atoms with Crippen LogP contribution in [0.4, 0.5) is 5.69 Å². The molecule has 3 rings (SSSR count). The Hall–Kier alpha value is -2.08. The zero-order chi connectivity index (χ0) is 19.2. The lowest BCUT2D eigenvalue weighted by atomic mass is 10.1. The van der Waals surface area contributed by atoms with Gasteiger partial charge in [-0.2, -0.15) is 0 Å². The maximum Gasteiger partial charge on any atom is 0.262 e. The van der Waals surface area contributed by atoms with Crippen molar-refractivity contribution in [2.45, 2.75) is 20.4 Å². The van der Waals surface area contributed by atoms with Gasteiger partial charge in [0, 0.05) is 30.3 Å². The molecule has 0 unspecified atom stereocenters. The van der Waals surface area contributed by atoms with E-state index >= 15 is 0 Å². The molecule has 0 spiro atoms. The molecular formula is C21H25ClN2O3. The average Bonchev–Trinajstić information content (AvgIpc) is 2.67. The third kappa shape index (κ3) is 5.70. The lowest BCUT2D eigenvalue weighted by Crippen LogP contribution is -2.35. The molecule has 0 aromatic heterocycles. The number of rotatable bonds is 6.